The van der Waals surface area contributed by atoms with Gasteiger partial charge in [-0.2, -0.15) is 0 Å². The summed E-state index contributed by atoms with van der Waals surface area (Å²) in [5.41, 5.74) is 1.15. The van der Waals surface area contributed by atoms with Crippen LogP contribution in [-0.2, 0) is 4.79 Å². The van der Waals surface area contributed by atoms with E-state index in [-0.39, 0.29) is 13.1 Å². The van der Waals surface area contributed by atoms with E-state index in [1.807, 2.05) is 30.3 Å². The van der Waals surface area contributed by atoms with E-state index in [1.165, 1.54) is 4.90 Å². The fourth-order valence-electron chi connectivity index (χ4n) is 2.79. The van der Waals surface area contributed by atoms with Gasteiger partial charge in [-0.05, 0) is 54.6 Å². The van der Waals surface area contributed by atoms with Gasteiger partial charge in [0.05, 0.1) is 0 Å². The van der Waals surface area contributed by atoms with Crippen molar-refractivity contribution in [2.45, 2.75) is 4.84 Å². The summed E-state index contributed by atoms with van der Waals surface area (Å²) in [6, 6.07) is 22.8. The van der Waals surface area contributed by atoms with Gasteiger partial charge < -0.3 is 15.4 Å². The largest absolute Gasteiger partial charge is 0.457 e. The van der Waals surface area contributed by atoms with Gasteiger partial charge in [0, 0.05) is 29.5 Å². The topological polar surface area (TPSA) is 70.7 Å². The van der Waals surface area contributed by atoms with Crippen LogP contribution in [0.5, 0.6) is 11.5 Å². The number of amides is 3. The summed E-state index contributed by atoms with van der Waals surface area (Å²) in [5.74, 6) is 0.793. The summed E-state index contributed by atoms with van der Waals surface area (Å²) < 4.78 is 5.80. The first-order valence-corrected chi connectivity index (χ1v) is 10.9. The average molecular weight is 493 g/mol. The van der Waals surface area contributed by atoms with Crippen molar-refractivity contribution < 1.29 is 14.3 Å². The molecule has 0 radical (unpaired) electrons. The van der Waals surface area contributed by atoms with E-state index < -0.39 is 16.8 Å². The van der Waals surface area contributed by atoms with Crippen LogP contribution in [0.15, 0.2) is 78.9 Å². The highest BCUT2D eigenvalue weighted by Gasteiger charge is 2.18. The van der Waals surface area contributed by atoms with Gasteiger partial charge >= 0.3 is 6.03 Å². The van der Waals surface area contributed by atoms with Gasteiger partial charge in [0.2, 0.25) is 0 Å². The lowest BCUT2D eigenvalue weighted by Gasteiger charge is -2.24. The number of halogens is 3. The van der Waals surface area contributed by atoms with E-state index in [4.69, 9.17) is 39.5 Å². The number of para-hydroxylation sites is 1. The Kier molecular flexibility index (Phi) is 8.62. The number of alkyl halides is 2. The molecule has 3 rings (SSSR count). The number of anilines is 2. The Labute approximate surface area is 201 Å². The Balaban J connectivity index is 1.74. The minimum Gasteiger partial charge on any atom is -0.457 e. The quantitative estimate of drug-likeness (QED) is 0.374. The van der Waals surface area contributed by atoms with Crippen molar-refractivity contribution in [3.63, 3.8) is 0 Å². The predicted octanol–water partition coefficient (Wildman–Crippen LogP) is 6.09. The van der Waals surface area contributed by atoms with Crippen LogP contribution in [0, 0.1) is 0 Å². The molecule has 9 heteroatoms. The van der Waals surface area contributed by atoms with Crippen LogP contribution in [-0.4, -0.2) is 29.9 Å². The molecule has 0 heterocycles. The van der Waals surface area contributed by atoms with E-state index in [0.717, 1.165) is 0 Å². The molecule has 3 amide bonds. The zero-order chi connectivity index (χ0) is 22.9. The van der Waals surface area contributed by atoms with Crippen molar-refractivity contribution in [1.82, 2.24) is 5.32 Å². The molecule has 0 fully saturated rings. The fraction of sp³-hybridized carbons (Fsp3) is 0.130. The van der Waals surface area contributed by atoms with Crippen molar-refractivity contribution in [2.75, 3.05) is 23.3 Å². The molecule has 3 aromatic carbocycles. The molecular formula is C23H20Cl3N3O3. The number of hydrogen-bond acceptors (Lipinski definition) is 3. The van der Waals surface area contributed by atoms with Crippen molar-refractivity contribution in [3.8, 4) is 11.5 Å². The van der Waals surface area contributed by atoms with Crippen molar-refractivity contribution in [3.05, 3.63) is 83.9 Å². The summed E-state index contributed by atoms with van der Waals surface area (Å²) in [6.45, 7) is 0.331. The van der Waals surface area contributed by atoms with Crippen molar-refractivity contribution in [2.24, 2.45) is 0 Å². The Morgan fingerprint density at radius 2 is 1.59 bits per heavy atom. The molecule has 0 bridgehead atoms. The number of carbonyl (C=O) groups excluding carboxylic acids is 2. The number of ether oxygens (including phenoxy) is 1. The monoisotopic (exact) mass is 491 g/mol. The predicted molar refractivity (Wildman–Crippen MR) is 129 cm³/mol. The molecule has 0 aliphatic rings. The molecule has 166 valence electrons. The van der Waals surface area contributed by atoms with Gasteiger partial charge in [-0.3, -0.25) is 9.69 Å². The molecule has 3 aromatic rings. The van der Waals surface area contributed by atoms with Gasteiger partial charge in [-0.15, -0.1) is 0 Å². The highest BCUT2D eigenvalue weighted by atomic mass is 35.5. The Morgan fingerprint density at radius 3 is 2.25 bits per heavy atom. The first kappa shape index (κ1) is 23.7. The molecule has 6 nitrogen and oxygen atoms in total. The van der Waals surface area contributed by atoms with E-state index in [0.29, 0.717) is 27.9 Å². The molecule has 0 atom stereocenters. The number of carbonyl (C=O) groups is 2. The zero-order valence-corrected chi connectivity index (χ0v) is 19.1. The third-order valence-electron chi connectivity index (χ3n) is 4.28. The van der Waals surface area contributed by atoms with Crippen LogP contribution >= 0.6 is 34.8 Å². The second kappa shape index (κ2) is 11.6. The van der Waals surface area contributed by atoms with Crippen LogP contribution < -0.4 is 20.3 Å². The Hall–Kier alpha value is -2.93. The number of benzene rings is 3. The van der Waals surface area contributed by atoms with Gasteiger partial charge in [-0.1, -0.05) is 59.1 Å². The second-order valence-corrected chi connectivity index (χ2v) is 8.13. The molecule has 0 saturated heterocycles. The van der Waals surface area contributed by atoms with E-state index in [1.54, 1.807) is 48.5 Å². The molecule has 0 aromatic heterocycles. The summed E-state index contributed by atoms with van der Waals surface area (Å²) in [4.78, 5) is 24.9. The zero-order valence-electron chi connectivity index (χ0n) is 16.8. The van der Waals surface area contributed by atoms with E-state index >= 15 is 0 Å². The maximum absolute atomic E-state index is 13.0. The lowest BCUT2D eigenvalue weighted by molar-refractivity contribution is -0.119. The van der Waals surface area contributed by atoms with Crippen LogP contribution in [0.3, 0.4) is 0 Å². The molecule has 0 aliphatic heterocycles. The summed E-state index contributed by atoms with van der Waals surface area (Å²) in [6.07, 6.45) is 0. The summed E-state index contributed by atoms with van der Waals surface area (Å²) in [5, 5.41) is 5.89. The number of urea groups is 1. The van der Waals surface area contributed by atoms with Gasteiger partial charge in [-0.25, -0.2) is 4.79 Å². The third-order valence-corrected chi connectivity index (χ3v) is 4.91. The van der Waals surface area contributed by atoms with Gasteiger partial charge in [0.1, 0.15) is 11.5 Å². The molecule has 0 unspecified atom stereocenters. The SMILES string of the molecule is O=C(NCCN(C(=O)Nc1cccc(Cl)c1)c1ccc(Oc2ccccc2)cc1)C(Cl)Cl. The van der Waals surface area contributed by atoms with Crippen LogP contribution in [0.4, 0.5) is 16.2 Å². The summed E-state index contributed by atoms with van der Waals surface area (Å²) in [7, 11) is 0. The first-order chi connectivity index (χ1) is 15.4. The van der Waals surface area contributed by atoms with Crippen molar-refractivity contribution >= 4 is 58.1 Å². The minimum absolute atomic E-state index is 0.153. The molecule has 0 spiro atoms. The van der Waals surface area contributed by atoms with E-state index in [2.05, 4.69) is 10.6 Å². The maximum Gasteiger partial charge on any atom is 0.326 e. The summed E-state index contributed by atoms with van der Waals surface area (Å²) >= 11 is 17.1. The number of nitrogens with one attached hydrogen (secondary N) is 2. The Morgan fingerprint density at radius 1 is 0.906 bits per heavy atom. The first-order valence-electron chi connectivity index (χ1n) is 9.65. The van der Waals surface area contributed by atoms with Gasteiger partial charge in [0.25, 0.3) is 5.91 Å². The lowest BCUT2D eigenvalue weighted by atomic mass is 10.2. The van der Waals surface area contributed by atoms with Gasteiger partial charge in [0.15, 0.2) is 4.84 Å². The molecule has 0 saturated carbocycles. The highest BCUT2D eigenvalue weighted by molar-refractivity contribution is 6.53. The number of hydrogen-bond donors (Lipinski definition) is 2. The normalized spacial score (nSPS) is 10.5. The number of rotatable bonds is 8. The lowest BCUT2D eigenvalue weighted by Crippen LogP contribution is -2.42. The van der Waals surface area contributed by atoms with E-state index in [9.17, 15) is 9.59 Å². The fourth-order valence-corrected chi connectivity index (χ4v) is 3.14. The number of nitrogens with zero attached hydrogens (tertiary/aromatic N) is 1. The van der Waals surface area contributed by atoms with Crippen molar-refractivity contribution in [1.29, 1.82) is 0 Å². The smallest absolute Gasteiger partial charge is 0.326 e. The highest BCUT2D eigenvalue weighted by Crippen LogP contribution is 2.25. The average Bonchev–Trinajstić information content (AvgIpc) is 2.78. The molecule has 32 heavy (non-hydrogen) atoms. The minimum atomic E-state index is -1.18. The van der Waals surface area contributed by atoms with Crippen LogP contribution in [0.2, 0.25) is 5.02 Å². The Bertz CT molecular complexity index is 1050. The standard InChI is InChI=1S/C23H20Cl3N3O3/c24-16-5-4-6-17(15-16)28-23(31)29(14-13-27-22(30)21(25)26)18-9-11-20(12-10-18)32-19-7-2-1-3-8-19/h1-12,15,21H,13-14H2,(H,27,30)(H,28,31). The second-order valence-electron chi connectivity index (χ2n) is 6.59. The maximum atomic E-state index is 13.0. The molecule has 2 N–H and O–H groups in total. The third kappa shape index (κ3) is 7.05. The molecular weight excluding hydrogens is 473 g/mol. The van der Waals surface area contributed by atoms with Crippen LogP contribution in [0.25, 0.3) is 0 Å². The molecule has 0 aliphatic carbocycles. The van der Waals surface area contributed by atoms with Crippen LogP contribution in [0.1, 0.15) is 0 Å².